The highest BCUT2D eigenvalue weighted by Gasteiger charge is 2.05. The number of nitrogens with zero attached hydrogens (tertiary/aromatic N) is 1. The molecular weight excluding hydrogens is 322 g/mol. The van der Waals surface area contributed by atoms with E-state index < -0.39 is 0 Å². The smallest absolute Gasteiger partial charge is 0.229 e. The van der Waals surface area contributed by atoms with Gasteiger partial charge in [-0.25, -0.2) is 0 Å². The molecular formula is C14H16BrN3O2. The molecule has 5 nitrogen and oxygen atoms in total. The number of aromatic nitrogens is 2. The molecule has 0 saturated heterocycles. The lowest BCUT2D eigenvalue weighted by atomic mass is 10.3. The first-order valence-electron chi connectivity index (χ1n) is 6.40. The normalized spacial score (nSPS) is 10.3. The van der Waals surface area contributed by atoms with Gasteiger partial charge in [-0.15, -0.1) is 0 Å². The summed E-state index contributed by atoms with van der Waals surface area (Å²) in [5.41, 5.74) is 0.992. The highest BCUT2D eigenvalue weighted by Crippen LogP contribution is 2.16. The zero-order valence-electron chi connectivity index (χ0n) is 11.1. The molecule has 106 valence electrons. The number of halogens is 1. The fourth-order valence-corrected chi connectivity index (χ4v) is 1.87. The first-order valence-corrected chi connectivity index (χ1v) is 7.19. The maximum atomic E-state index is 11.7. The zero-order valence-corrected chi connectivity index (χ0v) is 12.7. The second-order valence-corrected chi connectivity index (χ2v) is 5.15. The van der Waals surface area contributed by atoms with Gasteiger partial charge >= 0.3 is 0 Å². The van der Waals surface area contributed by atoms with E-state index in [2.05, 4.69) is 31.4 Å². The fraction of sp³-hybridized carbons (Fsp3) is 0.286. The predicted octanol–water partition coefficient (Wildman–Crippen LogP) is 3.14. The van der Waals surface area contributed by atoms with Crippen molar-refractivity contribution in [2.24, 2.45) is 0 Å². The Kier molecular flexibility index (Phi) is 5.17. The standard InChI is InChI=1S/C14H16BrN3O2/c1-2-11-9-13(18-17-11)16-14(19)7-8-20-12-5-3-10(15)4-6-12/h3-6,9H,2,7-8H2,1H3,(H2,16,17,18,19). The lowest BCUT2D eigenvalue weighted by Gasteiger charge is -2.06. The van der Waals surface area contributed by atoms with E-state index in [1.165, 1.54) is 0 Å². The molecule has 0 fully saturated rings. The van der Waals surface area contributed by atoms with Crippen molar-refractivity contribution in [2.45, 2.75) is 19.8 Å². The molecule has 0 spiro atoms. The van der Waals surface area contributed by atoms with Gasteiger partial charge in [-0.1, -0.05) is 22.9 Å². The summed E-state index contributed by atoms with van der Waals surface area (Å²) in [6.07, 6.45) is 1.14. The van der Waals surface area contributed by atoms with E-state index in [1.807, 2.05) is 37.3 Å². The number of amides is 1. The first kappa shape index (κ1) is 14.6. The molecule has 6 heteroatoms. The number of aromatic amines is 1. The molecule has 1 aromatic carbocycles. The SMILES string of the molecule is CCc1cc(NC(=O)CCOc2ccc(Br)cc2)n[nH]1. The number of carbonyl (C=O) groups is 1. The van der Waals surface area contributed by atoms with Crippen LogP contribution in [0.4, 0.5) is 5.82 Å². The number of hydrogen-bond acceptors (Lipinski definition) is 3. The zero-order chi connectivity index (χ0) is 14.4. The lowest BCUT2D eigenvalue weighted by Crippen LogP contribution is -2.15. The number of nitrogens with one attached hydrogen (secondary N) is 2. The second-order valence-electron chi connectivity index (χ2n) is 4.23. The number of aryl methyl sites for hydroxylation is 1. The van der Waals surface area contributed by atoms with Crippen LogP contribution in [-0.4, -0.2) is 22.7 Å². The Balaban J connectivity index is 1.73. The Morgan fingerprint density at radius 1 is 1.40 bits per heavy atom. The van der Waals surface area contributed by atoms with Crippen molar-refractivity contribution in [1.82, 2.24) is 10.2 Å². The third kappa shape index (κ3) is 4.38. The number of benzene rings is 1. The van der Waals surface area contributed by atoms with Gasteiger partial charge in [-0.05, 0) is 30.7 Å². The fourth-order valence-electron chi connectivity index (χ4n) is 1.60. The number of carbonyl (C=O) groups excluding carboxylic acids is 1. The molecule has 2 rings (SSSR count). The van der Waals surface area contributed by atoms with Gasteiger partial charge in [-0.2, -0.15) is 5.10 Å². The van der Waals surface area contributed by atoms with E-state index in [9.17, 15) is 4.79 Å². The summed E-state index contributed by atoms with van der Waals surface area (Å²) in [7, 11) is 0. The predicted molar refractivity (Wildman–Crippen MR) is 80.8 cm³/mol. The minimum atomic E-state index is -0.115. The van der Waals surface area contributed by atoms with E-state index >= 15 is 0 Å². The van der Waals surface area contributed by atoms with Crippen LogP contribution in [0.3, 0.4) is 0 Å². The summed E-state index contributed by atoms with van der Waals surface area (Å²) in [6, 6.07) is 9.32. The van der Waals surface area contributed by atoms with Crippen LogP contribution in [0.1, 0.15) is 19.0 Å². The van der Waals surface area contributed by atoms with Crippen molar-refractivity contribution in [2.75, 3.05) is 11.9 Å². The van der Waals surface area contributed by atoms with Gasteiger partial charge < -0.3 is 10.1 Å². The Hall–Kier alpha value is -1.82. The Labute approximate surface area is 125 Å². The molecule has 1 amide bonds. The monoisotopic (exact) mass is 337 g/mol. The molecule has 0 aliphatic rings. The van der Waals surface area contributed by atoms with Crippen LogP contribution < -0.4 is 10.1 Å². The van der Waals surface area contributed by atoms with Crippen molar-refractivity contribution in [3.63, 3.8) is 0 Å². The van der Waals surface area contributed by atoms with Crippen molar-refractivity contribution in [3.8, 4) is 5.75 Å². The van der Waals surface area contributed by atoms with Crippen LogP contribution in [0.5, 0.6) is 5.75 Å². The number of ether oxygens (including phenoxy) is 1. The molecule has 2 N–H and O–H groups in total. The maximum Gasteiger partial charge on any atom is 0.229 e. The third-order valence-corrected chi connectivity index (χ3v) is 3.22. The van der Waals surface area contributed by atoms with E-state index in [1.54, 1.807) is 0 Å². The van der Waals surface area contributed by atoms with Crippen LogP contribution >= 0.6 is 15.9 Å². The molecule has 0 atom stereocenters. The van der Waals surface area contributed by atoms with Gasteiger partial charge in [0.1, 0.15) is 5.75 Å². The maximum absolute atomic E-state index is 11.7. The molecule has 0 saturated carbocycles. The van der Waals surface area contributed by atoms with E-state index in [0.29, 0.717) is 12.4 Å². The Morgan fingerprint density at radius 3 is 2.80 bits per heavy atom. The van der Waals surface area contributed by atoms with Crippen LogP contribution in [0.15, 0.2) is 34.8 Å². The largest absolute Gasteiger partial charge is 0.493 e. The van der Waals surface area contributed by atoms with Crippen LogP contribution in [0.2, 0.25) is 0 Å². The summed E-state index contributed by atoms with van der Waals surface area (Å²) in [5.74, 6) is 1.18. The number of rotatable bonds is 6. The Morgan fingerprint density at radius 2 is 2.15 bits per heavy atom. The third-order valence-electron chi connectivity index (χ3n) is 2.69. The first-order chi connectivity index (χ1) is 9.67. The Bertz CT molecular complexity index is 566. The average Bonchev–Trinajstić information content (AvgIpc) is 2.88. The highest BCUT2D eigenvalue weighted by molar-refractivity contribution is 9.10. The van der Waals surface area contributed by atoms with Crippen molar-refractivity contribution < 1.29 is 9.53 Å². The summed E-state index contributed by atoms with van der Waals surface area (Å²) < 4.78 is 6.48. The minimum absolute atomic E-state index is 0.115. The van der Waals surface area contributed by atoms with Gasteiger partial charge in [-0.3, -0.25) is 9.89 Å². The van der Waals surface area contributed by atoms with Gasteiger partial charge in [0.15, 0.2) is 5.82 Å². The summed E-state index contributed by atoms with van der Waals surface area (Å²) in [4.78, 5) is 11.7. The van der Waals surface area contributed by atoms with Crippen molar-refractivity contribution in [3.05, 3.63) is 40.5 Å². The lowest BCUT2D eigenvalue weighted by molar-refractivity contribution is -0.116. The molecule has 20 heavy (non-hydrogen) atoms. The molecule has 1 aromatic heterocycles. The second kappa shape index (κ2) is 7.09. The summed E-state index contributed by atoms with van der Waals surface area (Å²) in [5, 5.41) is 9.57. The summed E-state index contributed by atoms with van der Waals surface area (Å²) in [6.45, 7) is 2.35. The molecule has 0 radical (unpaired) electrons. The van der Waals surface area contributed by atoms with Crippen molar-refractivity contribution >= 4 is 27.7 Å². The molecule has 0 unspecified atom stereocenters. The summed E-state index contributed by atoms with van der Waals surface area (Å²) >= 11 is 3.35. The number of anilines is 1. The number of H-pyrrole nitrogens is 1. The van der Waals surface area contributed by atoms with Gasteiger partial charge in [0.25, 0.3) is 0 Å². The number of hydrogen-bond donors (Lipinski definition) is 2. The highest BCUT2D eigenvalue weighted by atomic mass is 79.9. The van der Waals surface area contributed by atoms with Crippen LogP contribution in [0, 0.1) is 0 Å². The molecule has 1 heterocycles. The van der Waals surface area contributed by atoms with Crippen LogP contribution in [-0.2, 0) is 11.2 Å². The van der Waals surface area contributed by atoms with E-state index in [4.69, 9.17) is 4.74 Å². The molecule has 0 bridgehead atoms. The minimum Gasteiger partial charge on any atom is -0.493 e. The molecule has 0 aliphatic heterocycles. The van der Waals surface area contributed by atoms with Crippen molar-refractivity contribution in [1.29, 1.82) is 0 Å². The molecule has 2 aromatic rings. The van der Waals surface area contributed by atoms with E-state index in [0.717, 1.165) is 22.3 Å². The van der Waals surface area contributed by atoms with E-state index in [-0.39, 0.29) is 12.3 Å². The van der Waals surface area contributed by atoms with Gasteiger partial charge in [0, 0.05) is 16.2 Å². The van der Waals surface area contributed by atoms with Crippen LogP contribution in [0.25, 0.3) is 0 Å². The average molecular weight is 338 g/mol. The van der Waals surface area contributed by atoms with Gasteiger partial charge in [0.2, 0.25) is 5.91 Å². The molecule has 0 aliphatic carbocycles. The topological polar surface area (TPSA) is 67.0 Å². The van der Waals surface area contributed by atoms with Gasteiger partial charge in [0.05, 0.1) is 13.0 Å². The quantitative estimate of drug-likeness (QED) is 0.850.